The number of halogens is 1. The third kappa shape index (κ3) is 4.16. The van der Waals surface area contributed by atoms with Crippen LogP contribution in [-0.2, 0) is 11.2 Å². The predicted molar refractivity (Wildman–Crippen MR) is 134 cm³/mol. The Labute approximate surface area is 210 Å². The maximum Gasteiger partial charge on any atom is 0.230 e. The van der Waals surface area contributed by atoms with Crippen molar-refractivity contribution in [1.82, 2.24) is 24.8 Å². The Kier molecular flexibility index (Phi) is 6.10. The largest absolute Gasteiger partial charge is 0.481 e. The van der Waals surface area contributed by atoms with Crippen LogP contribution in [-0.4, -0.2) is 50.4 Å². The van der Waals surface area contributed by atoms with Crippen LogP contribution < -0.4 is 10.5 Å². The summed E-state index contributed by atoms with van der Waals surface area (Å²) in [5, 5.41) is 0. The van der Waals surface area contributed by atoms with E-state index >= 15 is 0 Å². The second-order valence-electron chi connectivity index (χ2n) is 9.99. The van der Waals surface area contributed by atoms with Gasteiger partial charge in [-0.05, 0) is 63.5 Å². The van der Waals surface area contributed by atoms with Crippen molar-refractivity contribution in [2.45, 2.75) is 58.4 Å². The predicted octanol–water partition coefficient (Wildman–Crippen LogP) is 4.01. The van der Waals surface area contributed by atoms with Gasteiger partial charge in [0.05, 0.1) is 30.6 Å². The fourth-order valence-electron chi connectivity index (χ4n) is 5.61. The molecule has 1 saturated carbocycles. The Morgan fingerprint density at radius 3 is 2.75 bits per heavy atom. The fourth-order valence-corrected chi connectivity index (χ4v) is 5.61. The van der Waals surface area contributed by atoms with Gasteiger partial charge < -0.3 is 15.4 Å². The molecule has 2 N–H and O–H groups in total. The number of carbonyl (C=O) groups is 1. The SMILES string of the molecule is COc1cc([C@@H](C)C(=O)N2CC[C@]3(CCc4cc(-c5nccnc5C)c(C)nc4N)CC23)c(F)cn1. The summed E-state index contributed by atoms with van der Waals surface area (Å²) in [6, 6.07) is 3.78. The van der Waals surface area contributed by atoms with Crippen molar-refractivity contribution in [2.75, 3.05) is 19.4 Å². The lowest BCUT2D eigenvalue weighted by atomic mass is 9.93. The van der Waals surface area contributed by atoms with E-state index in [2.05, 4.69) is 26.0 Å². The van der Waals surface area contributed by atoms with Crippen LogP contribution in [0.2, 0.25) is 0 Å². The summed E-state index contributed by atoms with van der Waals surface area (Å²) in [6.07, 6.45) is 8.07. The van der Waals surface area contributed by atoms with Gasteiger partial charge in [0.15, 0.2) is 0 Å². The number of fused-ring (bicyclic) bond motifs is 1. The van der Waals surface area contributed by atoms with Gasteiger partial charge in [-0.3, -0.25) is 14.8 Å². The maximum atomic E-state index is 14.4. The van der Waals surface area contributed by atoms with Gasteiger partial charge in [0.25, 0.3) is 0 Å². The van der Waals surface area contributed by atoms with Crippen LogP contribution in [0.15, 0.2) is 30.7 Å². The number of nitrogens with zero attached hydrogens (tertiary/aromatic N) is 5. The number of pyridine rings is 2. The zero-order chi connectivity index (χ0) is 25.6. The lowest BCUT2D eigenvalue weighted by Gasteiger charge is -2.23. The molecule has 2 aliphatic rings. The van der Waals surface area contributed by atoms with Crippen molar-refractivity contribution in [3.05, 3.63) is 59.1 Å². The standard InChI is InChI=1S/C27H31FN6O2/c1-15(19-12-23(36-4)32-14-21(19)28)26(35)34-10-7-27(13-22(27)34)6-5-18-11-20(16(2)33-25(18)29)24-17(3)30-8-9-31-24/h8-9,11-12,14-15,22H,5-7,10,13H2,1-4H3,(H2,29,33)/t15-,22?,27-/m1/s1. The van der Waals surface area contributed by atoms with E-state index in [0.29, 0.717) is 23.8 Å². The van der Waals surface area contributed by atoms with Crippen molar-refractivity contribution in [2.24, 2.45) is 5.41 Å². The summed E-state index contributed by atoms with van der Waals surface area (Å²) in [5.41, 5.74) is 11.1. The Morgan fingerprint density at radius 1 is 1.25 bits per heavy atom. The number of ether oxygens (including phenoxy) is 1. The van der Waals surface area contributed by atoms with E-state index < -0.39 is 11.7 Å². The molecule has 3 aromatic heterocycles. The molecule has 1 unspecified atom stereocenters. The Bertz CT molecular complexity index is 1330. The smallest absolute Gasteiger partial charge is 0.230 e. The lowest BCUT2D eigenvalue weighted by Crippen LogP contribution is -2.34. The van der Waals surface area contributed by atoms with E-state index in [1.807, 2.05) is 18.7 Å². The number of methoxy groups -OCH3 is 1. The molecule has 1 aliphatic carbocycles. The monoisotopic (exact) mass is 490 g/mol. The van der Waals surface area contributed by atoms with E-state index in [1.54, 1.807) is 19.3 Å². The number of amides is 1. The van der Waals surface area contributed by atoms with E-state index in [4.69, 9.17) is 10.5 Å². The molecular formula is C27H31FN6O2. The normalized spacial score (nSPS) is 21.2. The Balaban J connectivity index is 1.29. The summed E-state index contributed by atoms with van der Waals surface area (Å²) in [5.74, 6) is -0.312. The summed E-state index contributed by atoms with van der Waals surface area (Å²) >= 11 is 0. The van der Waals surface area contributed by atoms with Gasteiger partial charge in [0.2, 0.25) is 11.8 Å². The molecule has 0 bridgehead atoms. The molecule has 4 heterocycles. The molecule has 1 aliphatic heterocycles. The van der Waals surface area contributed by atoms with E-state index in [1.165, 1.54) is 13.2 Å². The number of nitrogens with two attached hydrogens (primary N) is 1. The molecule has 3 atom stereocenters. The molecule has 0 spiro atoms. The first-order chi connectivity index (χ1) is 17.2. The summed E-state index contributed by atoms with van der Waals surface area (Å²) in [6.45, 7) is 6.30. The fraction of sp³-hybridized carbons (Fsp3) is 0.444. The highest BCUT2D eigenvalue weighted by atomic mass is 19.1. The molecule has 8 nitrogen and oxygen atoms in total. The summed E-state index contributed by atoms with van der Waals surface area (Å²) < 4.78 is 19.5. The number of hydrogen-bond donors (Lipinski definition) is 1. The van der Waals surface area contributed by atoms with E-state index in [-0.39, 0.29) is 17.4 Å². The average Bonchev–Trinajstić information content (AvgIpc) is 3.47. The minimum atomic E-state index is -0.604. The highest BCUT2D eigenvalue weighted by molar-refractivity contribution is 5.84. The van der Waals surface area contributed by atoms with Crippen molar-refractivity contribution < 1.29 is 13.9 Å². The number of nitrogen functional groups attached to an aromatic ring is 1. The van der Waals surface area contributed by atoms with Gasteiger partial charge in [-0.2, -0.15) is 0 Å². The first-order valence-electron chi connectivity index (χ1n) is 12.3. The van der Waals surface area contributed by atoms with Gasteiger partial charge in [-0.1, -0.05) is 0 Å². The summed E-state index contributed by atoms with van der Waals surface area (Å²) in [4.78, 5) is 32.6. The van der Waals surface area contributed by atoms with Crippen molar-refractivity contribution in [3.63, 3.8) is 0 Å². The molecule has 1 saturated heterocycles. The van der Waals surface area contributed by atoms with Crippen molar-refractivity contribution in [1.29, 1.82) is 0 Å². The molecule has 2 fully saturated rings. The van der Waals surface area contributed by atoms with Crippen LogP contribution in [0, 0.1) is 25.1 Å². The zero-order valence-corrected chi connectivity index (χ0v) is 21.1. The lowest BCUT2D eigenvalue weighted by molar-refractivity contribution is -0.132. The minimum absolute atomic E-state index is 0.0524. The van der Waals surface area contributed by atoms with Crippen LogP contribution in [0.5, 0.6) is 5.88 Å². The number of carbonyl (C=O) groups excluding carboxylic acids is 1. The van der Waals surface area contributed by atoms with Crippen LogP contribution in [0.1, 0.15) is 54.6 Å². The highest BCUT2D eigenvalue weighted by Crippen LogP contribution is 2.60. The number of anilines is 1. The summed E-state index contributed by atoms with van der Waals surface area (Å²) in [7, 11) is 1.48. The number of rotatable bonds is 7. The average molecular weight is 491 g/mol. The van der Waals surface area contributed by atoms with Crippen LogP contribution in [0.3, 0.4) is 0 Å². The molecular weight excluding hydrogens is 459 g/mol. The second-order valence-corrected chi connectivity index (χ2v) is 9.99. The molecule has 0 aromatic carbocycles. The topological polar surface area (TPSA) is 107 Å². The molecule has 3 aromatic rings. The van der Waals surface area contributed by atoms with Crippen LogP contribution in [0.4, 0.5) is 10.2 Å². The van der Waals surface area contributed by atoms with Gasteiger partial charge >= 0.3 is 0 Å². The number of piperidine rings is 1. The highest BCUT2D eigenvalue weighted by Gasteiger charge is 2.61. The first kappa shape index (κ1) is 24.1. The zero-order valence-electron chi connectivity index (χ0n) is 21.1. The van der Waals surface area contributed by atoms with Crippen molar-refractivity contribution >= 4 is 11.7 Å². The van der Waals surface area contributed by atoms with Crippen LogP contribution in [0.25, 0.3) is 11.3 Å². The third-order valence-corrected chi connectivity index (χ3v) is 7.92. The van der Waals surface area contributed by atoms with Gasteiger partial charge in [-0.25, -0.2) is 14.4 Å². The van der Waals surface area contributed by atoms with Crippen LogP contribution >= 0.6 is 0 Å². The quantitative estimate of drug-likeness (QED) is 0.533. The number of aryl methyl sites for hydroxylation is 3. The van der Waals surface area contributed by atoms with Gasteiger partial charge in [-0.15, -0.1) is 0 Å². The maximum absolute atomic E-state index is 14.4. The molecule has 0 radical (unpaired) electrons. The van der Waals surface area contributed by atoms with Crippen molar-refractivity contribution in [3.8, 4) is 17.1 Å². The first-order valence-corrected chi connectivity index (χ1v) is 12.3. The molecule has 36 heavy (non-hydrogen) atoms. The molecule has 188 valence electrons. The molecule has 1 amide bonds. The molecule has 5 rings (SSSR count). The second kappa shape index (κ2) is 9.11. The van der Waals surface area contributed by atoms with Gasteiger partial charge in [0, 0.05) is 47.9 Å². The van der Waals surface area contributed by atoms with Gasteiger partial charge in [0.1, 0.15) is 11.6 Å². The third-order valence-electron chi connectivity index (χ3n) is 7.92. The number of aromatic nitrogens is 4. The Hall–Kier alpha value is -3.62. The minimum Gasteiger partial charge on any atom is -0.481 e. The van der Waals surface area contributed by atoms with E-state index in [0.717, 1.165) is 60.1 Å². The Morgan fingerprint density at radius 2 is 2.03 bits per heavy atom. The molecule has 9 heteroatoms. The number of hydrogen-bond acceptors (Lipinski definition) is 7. The number of likely N-dealkylation sites (tertiary alicyclic amines) is 1. The van der Waals surface area contributed by atoms with E-state index in [9.17, 15) is 9.18 Å².